The monoisotopic (exact) mass is 611 g/mol. The summed E-state index contributed by atoms with van der Waals surface area (Å²) in [4.78, 5) is 29.9. The van der Waals surface area contributed by atoms with Crippen LogP contribution in [-0.4, -0.2) is 43.8 Å². The highest BCUT2D eigenvalue weighted by atomic mass is 32.2. The van der Waals surface area contributed by atoms with Crippen molar-refractivity contribution in [2.45, 2.75) is 63.6 Å². The number of sulfonamides is 1. The van der Waals surface area contributed by atoms with Crippen LogP contribution in [0.25, 0.3) is 0 Å². The molecule has 4 aromatic carbocycles. The van der Waals surface area contributed by atoms with E-state index in [0.29, 0.717) is 5.69 Å². The highest BCUT2D eigenvalue weighted by Crippen LogP contribution is 2.25. The fraction of sp³-hybridized carbons (Fsp3) is 0.278. The average Bonchev–Trinajstić information content (AvgIpc) is 3.06. The van der Waals surface area contributed by atoms with E-state index >= 15 is 0 Å². The summed E-state index contributed by atoms with van der Waals surface area (Å²) >= 11 is 0. The Morgan fingerprint density at radius 2 is 1.27 bits per heavy atom. The molecule has 44 heavy (non-hydrogen) atoms. The van der Waals surface area contributed by atoms with Crippen molar-refractivity contribution in [2.75, 3.05) is 10.8 Å². The Morgan fingerprint density at radius 1 is 0.727 bits per heavy atom. The Hall–Kier alpha value is -4.43. The fourth-order valence-electron chi connectivity index (χ4n) is 4.92. The van der Waals surface area contributed by atoms with E-state index < -0.39 is 28.5 Å². The summed E-state index contributed by atoms with van der Waals surface area (Å²) in [5.74, 6) is -0.759. The van der Waals surface area contributed by atoms with Crippen molar-refractivity contribution in [1.82, 2.24) is 10.2 Å². The molecule has 0 fully saturated rings. The lowest BCUT2D eigenvalue weighted by Gasteiger charge is -2.34. The highest BCUT2D eigenvalue weighted by molar-refractivity contribution is 7.92. The zero-order valence-corrected chi connectivity index (χ0v) is 26.4. The van der Waals surface area contributed by atoms with Crippen LogP contribution in [0.2, 0.25) is 0 Å². The molecule has 0 aliphatic rings. The number of rotatable bonds is 14. The van der Waals surface area contributed by atoms with Crippen LogP contribution < -0.4 is 9.62 Å². The lowest BCUT2D eigenvalue weighted by Crippen LogP contribution is -2.54. The molecule has 1 N–H and O–H groups in total. The summed E-state index contributed by atoms with van der Waals surface area (Å²) in [6, 6.07) is 33.3. The van der Waals surface area contributed by atoms with Crippen molar-refractivity contribution in [3.05, 3.63) is 132 Å². The number of hydrogen-bond acceptors (Lipinski definition) is 4. The number of nitrogens with zero attached hydrogens (tertiary/aromatic N) is 2. The number of anilines is 1. The molecular weight excluding hydrogens is 570 g/mol. The minimum Gasteiger partial charge on any atom is -0.352 e. The standard InChI is InChI=1S/C36H41N3O4S/c1-4-28(3)37-36(41)34(25-30-15-9-6-10-16-30)38(26-31-17-11-7-12-18-31)35(40)27-39(32-23-21-29(5-2)22-24-32)44(42,43)33-19-13-8-14-20-33/h6-24,28,34H,4-5,25-27H2,1-3H3,(H,37,41)/t28-,34-/m0/s1. The first kappa shape index (κ1) is 32.5. The molecule has 0 heterocycles. The normalized spacial score (nSPS) is 12.6. The van der Waals surface area contributed by atoms with Crippen LogP contribution in [0.3, 0.4) is 0 Å². The van der Waals surface area contributed by atoms with Gasteiger partial charge in [-0.25, -0.2) is 8.42 Å². The first-order chi connectivity index (χ1) is 21.2. The number of carbonyl (C=O) groups excluding carboxylic acids is 2. The van der Waals surface area contributed by atoms with Gasteiger partial charge in [0.05, 0.1) is 10.6 Å². The molecule has 4 rings (SSSR count). The van der Waals surface area contributed by atoms with E-state index in [1.807, 2.05) is 93.6 Å². The zero-order chi connectivity index (χ0) is 31.5. The lowest BCUT2D eigenvalue weighted by atomic mass is 10.0. The van der Waals surface area contributed by atoms with Crippen molar-refractivity contribution in [3.63, 3.8) is 0 Å². The predicted octanol–water partition coefficient (Wildman–Crippen LogP) is 6.00. The second-order valence-electron chi connectivity index (χ2n) is 10.9. The van der Waals surface area contributed by atoms with Crippen molar-refractivity contribution in [1.29, 1.82) is 0 Å². The largest absolute Gasteiger partial charge is 0.352 e. The molecule has 4 aromatic rings. The molecule has 0 aliphatic carbocycles. The van der Waals surface area contributed by atoms with Crippen LogP contribution in [0.15, 0.2) is 120 Å². The summed E-state index contributed by atoms with van der Waals surface area (Å²) in [5, 5.41) is 3.06. The quantitative estimate of drug-likeness (QED) is 0.190. The molecule has 0 unspecified atom stereocenters. The van der Waals surface area contributed by atoms with E-state index in [1.54, 1.807) is 30.3 Å². The van der Waals surface area contributed by atoms with Gasteiger partial charge in [-0.15, -0.1) is 0 Å². The van der Waals surface area contributed by atoms with Crippen LogP contribution >= 0.6 is 0 Å². The summed E-state index contributed by atoms with van der Waals surface area (Å²) < 4.78 is 29.3. The van der Waals surface area contributed by atoms with Gasteiger partial charge < -0.3 is 10.2 Å². The Balaban J connectivity index is 1.78. The molecule has 0 saturated heterocycles. The first-order valence-electron chi connectivity index (χ1n) is 15.1. The molecule has 0 bridgehead atoms. The number of aryl methyl sites for hydroxylation is 1. The van der Waals surface area contributed by atoms with Gasteiger partial charge in [-0.2, -0.15) is 0 Å². The topological polar surface area (TPSA) is 86.8 Å². The van der Waals surface area contributed by atoms with E-state index in [9.17, 15) is 18.0 Å². The molecule has 7 nitrogen and oxygen atoms in total. The van der Waals surface area contributed by atoms with Crippen LogP contribution in [0.1, 0.15) is 43.9 Å². The van der Waals surface area contributed by atoms with Crippen molar-refractivity contribution < 1.29 is 18.0 Å². The van der Waals surface area contributed by atoms with E-state index in [1.165, 1.54) is 17.0 Å². The molecule has 8 heteroatoms. The number of carbonyl (C=O) groups is 2. The molecule has 230 valence electrons. The van der Waals surface area contributed by atoms with Crippen LogP contribution in [0.5, 0.6) is 0 Å². The Labute approximate surface area is 261 Å². The minimum absolute atomic E-state index is 0.0809. The maximum atomic E-state index is 14.5. The van der Waals surface area contributed by atoms with Crippen molar-refractivity contribution in [2.24, 2.45) is 0 Å². The highest BCUT2D eigenvalue weighted by Gasteiger charge is 2.34. The van der Waals surface area contributed by atoms with Crippen LogP contribution in [0, 0.1) is 0 Å². The number of benzene rings is 4. The third-order valence-corrected chi connectivity index (χ3v) is 9.50. The summed E-state index contributed by atoms with van der Waals surface area (Å²) in [5.41, 5.74) is 3.15. The number of nitrogens with one attached hydrogen (secondary N) is 1. The molecular formula is C36H41N3O4S. The molecule has 2 amide bonds. The van der Waals surface area contributed by atoms with Gasteiger partial charge in [0.2, 0.25) is 11.8 Å². The maximum absolute atomic E-state index is 14.5. The summed E-state index contributed by atoms with van der Waals surface area (Å²) in [7, 11) is -4.12. The minimum atomic E-state index is -4.12. The summed E-state index contributed by atoms with van der Waals surface area (Å²) in [6.45, 7) is 5.60. The Morgan fingerprint density at radius 3 is 1.82 bits per heavy atom. The number of amides is 2. The van der Waals surface area contributed by atoms with Gasteiger partial charge >= 0.3 is 0 Å². The van der Waals surface area contributed by atoms with Gasteiger partial charge in [0.1, 0.15) is 12.6 Å². The first-order valence-corrected chi connectivity index (χ1v) is 16.5. The van der Waals surface area contributed by atoms with Gasteiger partial charge in [0, 0.05) is 19.0 Å². The van der Waals surface area contributed by atoms with Gasteiger partial charge in [-0.1, -0.05) is 105 Å². The Bertz CT molecular complexity index is 1600. The maximum Gasteiger partial charge on any atom is 0.264 e. The van der Waals surface area contributed by atoms with E-state index in [0.717, 1.165) is 33.8 Å². The van der Waals surface area contributed by atoms with Crippen LogP contribution in [0.4, 0.5) is 5.69 Å². The Kier molecular flexibility index (Phi) is 11.3. The second-order valence-corrected chi connectivity index (χ2v) is 12.7. The zero-order valence-electron chi connectivity index (χ0n) is 25.6. The molecule has 2 atom stereocenters. The van der Waals surface area contributed by atoms with Crippen molar-refractivity contribution in [3.8, 4) is 0 Å². The van der Waals surface area contributed by atoms with E-state index in [-0.39, 0.29) is 29.8 Å². The van der Waals surface area contributed by atoms with Gasteiger partial charge in [0.15, 0.2) is 0 Å². The van der Waals surface area contributed by atoms with E-state index in [4.69, 9.17) is 0 Å². The average molecular weight is 612 g/mol. The number of hydrogen-bond donors (Lipinski definition) is 1. The van der Waals surface area contributed by atoms with Gasteiger partial charge in [-0.3, -0.25) is 13.9 Å². The smallest absolute Gasteiger partial charge is 0.264 e. The molecule has 0 spiro atoms. The molecule has 0 radical (unpaired) electrons. The third-order valence-electron chi connectivity index (χ3n) is 7.71. The van der Waals surface area contributed by atoms with Crippen molar-refractivity contribution >= 4 is 27.5 Å². The summed E-state index contributed by atoms with van der Waals surface area (Å²) in [6.07, 6.45) is 1.80. The van der Waals surface area contributed by atoms with Gasteiger partial charge in [0.25, 0.3) is 10.0 Å². The third kappa shape index (κ3) is 8.35. The molecule has 0 aromatic heterocycles. The van der Waals surface area contributed by atoms with Gasteiger partial charge in [-0.05, 0) is 60.7 Å². The second kappa shape index (κ2) is 15.3. The SMILES string of the molecule is CCc1ccc(N(CC(=O)N(Cc2ccccc2)[C@@H](Cc2ccccc2)C(=O)N[C@@H](C)CC)S(=O)(=O)c2ccccc2)cc1. The fourth-order valence-corrected chi connectivity index (χ4v) is 6.36. The molecule has 0 aliphatic heterocycles. The predicted molar refractivity (Wildman–Crippen MR) is 176 cm³/mol. The van der Waals surface area contributed by atoms with E-state index in [2.05, 4.69) is 5.32 Å². The van der Waals surface area contributed by atoms with Crippen LogP contribution in [-0.2, 0) is 39.0 Å². The molecule has 0 saturated carbocycles. The lowest BCUT2D eigenvalue weighted by molar-refractivity contribution is -0.140.